The number of Topliss-reactive ketones (excluding diaryl/α,β-unsaturated/α-hetero) is 2. The maximum absolute atomic E-state index is 13.0. The van der Waals surface area contributed by atoms with Crippen molar-refractivity contribution in [1.82, 2.24) is 9.55 Å². The molecule has 0 bridgehead atoms. The van der Waals surface area contributed by atoms with Crippen molar-refractivity contribution in [3.63, 3.8) is 0 Å². The quantitative estimate of drug-likeness (QED) is 0.413. The van der Waals surface area contributed by atoms with E-state index >= 15 is 0 Å². The summed E-state index contributed by atoms with van der Waals surface area (Å²) in [6.45, 7) is 3.01. The number of H-pyrrole nitrogens is 1. The van der Waals surface area contributed by atoms with Gasteiger partial charge < -0.3 is 9.55 Å². The number of aryl methyl sites for hydroxylation is 1. The number of hydrogen-bond donors (Lipinski definition) is 1. The third kappa shape index (κ3) is 1.75. The Morgan fingerprint density at radius 3 is 2.36 bits per heavy atom. The first kappa shape index (κ1) is 15.6. The monoisotopic (exact) mass is 366 g/mol. The lowest BCUT2D eigenvalue weighted by Crippen LogP contribution is -1.99. The highest BCUT2D eigenvalue weighted by Crippen LogP contribution is 2.44. The molecule has 28 heavy (non-hydrogen) atoms. The van der Waals surface area contributed by atoms with E-state index < -0.39 is 0 Å². The number of nitrogens with one attached hydrogen (secondary N) is 1. The third-order valence-corrected chi connectivity index (χ3v) is 5.99. The van der Waals surface area contributed by atoms with Crippen molar-refractivity contribution in [2.45, 2.75) is 26.3 Å². The topological polar surface area (TPSA) is 54.9 Å². The predicted molar refractivity (Wildman–Crippen MR) is 112 cm³/mol. The van der Waals surface area contributed by atoms with Gasteiger partial charge in [0.2, 0.25) is 0 Å². The number of ketones is 2. The smallest absolute Gasteiger partial charge is 0.172 e. The SMILES string of the molecule is CCCn1c2ccccc2c2c3c(c4c5ccccc5[nH]c4c21)C(=O)CC3=O. The Morgan fingerprint density at radius 2 is 1.57 bits per heavy atom. The molecule has 3 aromatic carbocycles. The minimum absolute atomic E-state index is 0.0314. The van der Waals surface area contributed by atoms with Gasteiger partial charge in [0.1, 0.15) is 0 Å². The fourth-order valence-corrected chi connectivity index (χ4v) is 4.98. The first-order valence-electron chi connectivity index (χ1n) is 9.74. The molecule has 4 heteroatoms. The molecule has 1 aliphatic carbocycles. The zero-order chi connectivity index (χ0) is 19.0. The van der Waals surface area contributed by atoms with E-state index in [1.807, 2.05) is 36.4 Å². The van der Waals surface area contributed by atoms with Gasteiger partial charge in [-0.05, 0) is 18.6 Å². The van der Waals surface area contributed by atoms with Crippen LogP contribution in [0.15, 0.2) is 48.5 Å². The molecule has 2 aromatic heterocycles. The van der Waals surface area contributed by atoms with Crippen LogP contribution in [0.25, 0.3) is 43.6 Å². The number of para-hydroxylation sites is 2. The molecule has 5 aromatic rings. The van der Waals surface area contributed by atoms with Crippen LogP contribution in [0.4, 0.5) is 0 Å². The van der Waals surface area contributed by atoms with Gasteiger partial charge in [-0.2, -0.15) is 0 Å². The molecule has 0 aliphatic heterocycles. The van der Waals surface area contributed by atoms with Gasteiger partial charge in [0.25, 0.3) is 0 Å². The number of carbonyl (C=O) groups is 2. The van der Waals surface area contributed by atoms with Crippen LogP contribution in [-0.4, -0.2) is 21.1 Å². The van der Waals surface area contributed by atoms with E-state index in [0.717, 1.165) is 56.6 Å². The van der Waals surface area contributed by atoms with E-state index in [-0.39, 0.29) is 18.0 Å². The molecule has 0 radical (unpaired) electrons. The van der Waals surface area contributed by atoms with Crippen LogP contribution in [0.1, 0.15) is 40.5 Å². The van der Waals surface area contributed by atoms with Gasteiger partial charge >= 0.3 is 0 Å². The summed E-state index contributed by atoms with van der Waals surface area (Å²) in [6.07, 6.45) is 0.954. The summed E-state index contributed by atoms with van der Waals surface area (Å²) in [5, 5.41) is 3.88. The predicted octanol–water partition coefficient (Wildman–Crippen LogP) is 5.61. The maximum atomic E-state index is 13.0. The van der Waals surface area contributed by atoms with Crippen LogP contribution in [0.5, 0.6) is 0 Å². The summed E-state index contributed by atoms with van der Waals surface area (Å²) in [7, 11) is 0. The fraction of sp³-hybridized carbons (Fsp3) is 0.167. The molecule has 1 aliphatic rings. The molecular weight excluding hydrogens is 348 g/mol. The average Bonchev–Trinajstić information content (AvgIpc) is 3.32. The summed E-state index contributed by atoms with van der Waals surface area (Å²) >= 11 is 0. The van der Waals surface area contributed by atoms with E-state index in [4.69, 9.17) is 0 Å². The molecule has 0 amide bonds. The Bertz CT molecular complexity index is 1480. The number of nitrogens with zero attached hydrogens (tertiary/aromatic N) is 1. The molecule has 0 saturated heterocycles. The molecule has 136 valence electrons. The molecule has 1 N–H and O–H groups in total. The average molecular weight is 366 g/mol. The summed E-state index contributed by atoms with van der Waals surface area (Å²) in [4.78, 5) is 29.4. The van der Waals surface area contributed by atoms with Crippen molar-refractivity contribution in [2.75, 3.05) is 0 Å². The van der Waals surface area contributed by atoms with Gasteiger partial charge in [0.05, 0.1) is 17.5 Å². The number of aromatic amines is 1. The zero-order valence-corrected chi connectivity index (χ0v) is 15.5. The van der Waals surface area contributed by atoms with Crippen LogP contribution in [0.2, 0.25) is 0 Å². The van der Waals surface area contributed by atoms with Gasteiger partial charge in [0, 0.05) is 50.2 Å². The minimum Gasteiger partial charge on any atom is -0.353 e. The highest BCUT2D eigenvalue weighted by molar-refractivity contribution is 6.40. The van der Waals surface area contributed by atoms with Crippen LogP contribution < -0.4 is 0 Å². The Labute approximate surface area is 160 Å². The van der Waals surface area contributed by atoms with E-state index in [1.54, 1.807) is 0 Å². The highest BCUT2D eigenvalue weighted by Gasteiger charge is 2.35. The van der Waals surface area contributed by atoms with E-state index in [2.05, 4.69) is 28.6 Å². The highest BCUT2D eigenvalue weighted by atomic mass is 16.2. The van der Waals surface area contributed by atoms with Gasteiger partial charge in [0.15, 0.2) is 11.6 Å². The van der Waals surface area contributed by atoms with Crippen molar-refractivity contribution in [3.05, 3.63) is 59.7 Å². The largest absolute Gasteiger partial charge is 0.353 e. The van der Waals surface area contributed by atoms with E-state index in [1.165, 1.54) is 0 Å². The van der Waals surface area contributed by atoms with Gasteiger partial charge in [-0.3, -0.25) is 9.59 Å². The molecule has 2 heterocycles. The van der Waals surface area contributed by atoms with E-state index in [9.17, 15) is 9.59 Å². The summed E-state index contributed by atoms with van der Waals surface area (Å²) in [5.41, 5.74) is 5.32. The molecule has 0 spiro atoms. The molecule has 0 unspecified atom stereocenters. The number of carbonyl (C=O) groups excluding carboxylic acids is 2. The lowest BCUT2D eigenvalue weighted by Gasteiger charge is -2.08. The van der Waals surface area contributed by atoms with Gasteiger partial charge in [-0.15, -0.1) is 0 Å². The second-order valence-electron chi connectivity index (χ2n) is 7.59. The second-order valence-corrected chi connectivity index (χ2v) is 7.59. The summed E-state index contributed by atoms with van der Waals surface area (Å²) in [6, 6.07) is 16.2. The zero-order valence-electron chi connectivity index (χ0n) is 15.5. The Morgan fingerprint density at radius 1 is 0.893 bits per heavy atom. The normalized spacial score (nSPS) is 14.2. The third-order valence-electron chi connectivity index (χ3n) is 5.99. The lowest BCUT2D eigenvalue weighted by atomic mass is 9.97. The lowest BCUT2D eigenvalue weighted by molar-refractivity contribution is 0.0924. The molecule has 0 atom stereocenters. The number of hydrogen-bond acceptors (Lipinski definition) is 2. The van der Waals surface area contributed by atoms with Crippen LogP contribution >= 0.6 is 0 Å². The Balaban J connectivity index is 2.02. The van der Waals surface area contributed by atoms with Crippen molar-refractivity contribution in [2.24, 2.45) is 0 Å². The maximum Gasteiger partial charge on any atom is 0.172 e. The van der Waals surface area contributed by atoms with Gasteiger partial charge in [-0.25, -0.2) is 0 Å². The number of rotatable bonds is 2. The first-order valence-corrected chi connectivity index (χ1v) is 9.74. The Kier molecular flexibility index (Phi) is 2.97. The van der Waals surface area contributed by atoms with Gasteiger partial charge in [-0.1, -0.05) is 43.3 Å². The van der Waals surface area contributed by atoms with Crippen LogP contribution in [-0.2, 0) is 6.54 Å². The molecule has 6 rings (SSSR count). The Hall–Kier alpha value is -3.40. The van der Waals surface area contributed by atoms with Crippen LogP contribution in [0.3, 0.4) is 0 Å². The molecule has 4 nitrogen and oxygen atoms in total. The first-order chi connectivity index (χ1) is 13.7. The standard InChI is InChI=1S/C24H18N2O2/c1-2-11-26-16-10-6-4-8-14(16)20-22-18(28)12-17(27)21(22)19-13-7-3-5-9-15(13)25-23(19)24(20)26/h3-10,25H,2,11-12H2,1H3. The molecule has 0 fully saturated rings. The summed E-state index contributed by atoms with van der Waals surface area (Å²) < 4.78 is 2.30. The summed E-state index contributed by atoms with van der Waals surface area (Å²) in [5.74, 6) is -0.124. The van der Waals surface area contributed by atoms with Crippen molar-refractivity contribution in [1.29, 1.82) is 0 Å². The fourth-order valence-electron chi connectivity index (χ4n) is 4.98. The van der Waals surface area contributed by atoms with Crippen molar-refractivity contribution < 1.29 is 9.59 Å². The molecular formula is C24H18N2O2. The second kappa shape index (κ2) is 5.32. The number of fused-ring (bicyclic) bond motifs is 10. The van der Waals surface area contributed by atoms with Crippen molar-refractivity contribution >= 4 is 55.2 Å². The van der Waals surface area contributed by atoms with Crippen LogP contribution in [0, 0.1) is 0 Å². The van der Waals surface area contributed by atoms with Crippen molar-refractivity contribution in [3.8, 4) is 0 Å². The number of aromatic nitrogens is 2. The minimum atomic E-state index is -0.0658. The molecule has 0 saturated carbocycles. The van der Waals surface area contributed by atoms with E-state index in [0.29, 0.717) is 11.1 Å². The number of benzene rings is 3.